The van der Waals surface area contributed by atoms with E-state index in [2.05, 4.69) is 26.2 Å². The number of nitrogens with zero attached hydrogens (tertiary/aromatic N) is 3. The largest absolute Gasteiger partial charge is 0.418 e. The summed E-state index contributed by atoms with van der Waals surface area (Å²) in [5, 5.41) is 15.9. The molecule has 0 atom stereocenters. The summed E-state index contributed by atoms with van der Waals surface area (Å²) in [6.07, 6.45) is -3.25. The quantitative estimate of drug-likeness (QED) is 0.924. The average Bonchev–Trinajstić information content (AvgIpc) is 2.76. The van der Waals surface area contributed by atoms with Gasteiger partial charge in [-0.05, 0) is 18.2 Å². The number of hydrogen-bond donors (Lipinski definition) is 1. The molecule has 0 unspecified atom stereocenters. The fourth-order valence-electron chi connectivity index (χ4n) is 1.42. The summed E-state index contributed by atoms with van der Waals surface area (Å²) in [4.78, 5) is 0. The fraction of sp³-hybridized carbons (Fsp3) is 0.200. The van der Waals surface area contributed by atoms with Crippen LogP contribution in [0.3, 0.4) is 0 Å². The molecule has 96 valence electrons. The van der Waals surface area contributed by atoms with Crippen LogP contribution in [0, 0.1) is 0 Å². The van der Waals surface area contributed by atoms with Gasteiger partial charge in [0.25, 0.3) is 0 Å². The predicted molar refractivity (Wildman–Crippen MR) is 60.0 cm³/mol. The second-order valence-corrected chi connectivity index (χ2v) is 4.39. The van der Waals surface area contributed by atoms with Crippen LogP contribution < -0.4 is 0 Å². The van der Waals surface area contributed by atoms with Gasteiger partial charge in [-0.25, -0.2) is 4.68 Å². The molecule has 18 heavy (non-hydrogen) atoms. The zero-order valence-corrected chi connectivity index (χ0v) is 10.4. The second kappa shape index (κ2) is 4.69. The summed E-state index contributed by atoms with van der Waals surface area (Å²) >= 11 is 2.99. The number of aliphatic hydroxyl groups is 1. The Labute approximate surface area is 108 Å². The molecule has 1 N–H and O–H groups in total. The maximum absolute atomic E-state index is 12.9. The van der Waals surface area contributed by atoms with Gasteiger partial charge in [0, 0.05) is 4.47 Å². The molecule has 0 spiro atoms. The van der Waals surface area contributed by atoms with Crippen molar-refractivity contribution < 1.29 is 18.3 Å². The van der Waals surface area contributed by atoms with E-state index in [0.29, 0.717) is 4.47 Å². The number of halogens is 4. The van der Waals surface area contributed by atoms with Gasteiger partial charge >= 0.3 is 6.18 Å². The molecular formula is C10H7BrF3N3O. The van der Waals surface area contributed by atoms with Gasteiger partial charge in [0.1, 0.15) is 5.69 Å². The molecule has 4 nitrogen and oxygen atoms in total. The number of aliphatic hydroxyl groups excluding tert-OH is 1. The molecule has 0 fully saturated rings. The summed E-state index contributed by atoms with van der Waals surface area (Å²) in [5.74, 6) is 0. The molecule has 0 aliphatic heterocycles. The summed E-state index contributed by atoms with van der Waals surface area (Å²) in [7, 11) is 0. The minimum atomic E-state index is -4.50. The van der Waals surface area contributed by atoms with Crippen LogP contribution in [0.25, 0.3) is 5.69 Å². The van der Waals surface area contributed by atoms with Gasteiger partial charge in [0.05, 0.1) is 24.1 Å². The summed E-state index contributed by atoms with van der Waals surface area (Å²) in [5.41, 5.74) is -0.768. The smallest absolute Gasteiger partial charge is 0.390 e. The van der Waals surface area contributed by atoms with E-state index in [1.165, 1.54) is 18.3 Å². The molecule has 2 rings (SSSR count). The van der Waals surface area contributed by atoms with Crippen LogP contribution >= 0.6 is 15.9 Å². The Balaban J connectivity index is 2.56. The first-order chi connectivity index (χ1) is 8.41. The SMILES string of the molecule is OCc1cn(-c2ccc(Br)cc2C(F)(F)F)nn1. The zero-order chi connectivity index (χ0) is 13.3. The Morgan fingerprint density at radius 2 is 2.06 bits per heavy atom. The first-order valence-corrected chi connectivity index (χ1v) is 5.60. The van der Waals surface area contributed by atoms with E-state index in [9.17, 15) is 13.2 Å². The number of hydrogen-bond acceptors (Lipinski definition) is 3. The minimum absolute atomic E-state index is 0.141. The van der Waals surface area contributed by atoms with E-state index < -0.39 is 11.7 Å². The van der Waals surface area contributed by atoms with Crippen LogP contribution in [0.5, 0.6) is 0 Å². The van der Waals surface area contributed by atoms with Crippen molar-refractivity contribution in [1.82, 2.24) is 15.0 Å². The van der Waals surface area contributed by atoms with Crippen molar-refractivity contribution in [1.29, 1.82) is 0 Å². The third-order valence-electron chi connectivity index (χ3n) is 2.21. The third kappa shape index (κ3) is 2.54. The number of rotatable bonds is 2. The standard InChI is InChI=1S/C10H7BrF3N3O/c11-6-1-2-9(8(3-6)10(12,13)14)17-4-7(5-18)15-16-17/h1-4,18H,5H2. The molecule has 0 saturated heterocycles. The first kappa shape index (κ1) is 13.0. The van der Waals surface area contributed by atoms with E-state index in [-0.39, 0.29) is 18.0 Å². The van der Waals surface area contributed by atoms with Crippen molar-refractivity contribution >= 4 is 15.9 Å². The van der Waals surface area contributed by atoms with Crippen molar-refractivity contribution in [2.75, 3.05) is 0 Å². The van der Waals surface area contributed by atoms with Gasteiger partial charge in [0.2, 0.25) is 0 Å². The van der Waals surface area contributed by atoms with Crippen molar-refractivity contribution in [2.45, 2.75) is 12.8 Å². The lowest BCUT2D eigenvalue weighted by molar-refractivity contribution is -0.137. The van der Waals surface area contributed by atoms with Gasteiger partial charge in [-0.1, -0.05) is 21.1 Å². The van der Waals surface area contributed by atoms with E-state index in [1.54, 1.807) is 0 Å². The molecule has 0 radical (unpaired) electrons. The lowest BCUT2D eigenvalue weighted by Crippen LogP contribution is -2.11. The molecule has 2 aromatic rings. The topological polar surface area (TPSA) is 50.9 Å². The predicted octanol–water partition coefficient (Wildman–Crippen LogP) is 2.54. The lowest BCUT2D eigenvalue weighted by atomic mass is 10.1. The highest BCUT2D eigenvalue weighted by Crippen LogP contribution is 2.35. The van der Waals surface area contributed by atoms with E-state index in [1.807, 2.05) is 0 Å². The van der Waals surface area contributed by atoms with Gasteiger partial charge in [-0.3, -0.25) is 0 Å². The third-order valence-corrected chi connectivity index (χ3v) is 2.71. The van der Waals surface area contributed by atoms with E-state index in [4.69, 9.17) is 5.11 Å². The van der Waals surface area contributed by atoms with Crippen LogP contribution in [0.4, 0.5) is 13.2 Å². The number of benzene rings is 1. The fourth-order valence-corrected chi connectivity index (χ4v) is 1.78. The maximum atomic E-state index is 12.9. The van der Waals surface area contributed by atoms with Gasteiger partial charge in [0.15, 0.2) is 0 Å². The Hall–Kier alpha value is -1.41. The number of aromatic nitrogens is 3. The maximum Gasteiger partial charge on any atom is 0.418 e. The first-order valence-electron chi connectivity index (χ1n) is 4.81. The molecule has 1 aromatic carbocycles. The van der Waals surface area contributed by atoms with Gasteiger partial charge in [-0.2, -0.15) is 13.2 Å². The van der Waals surface area contributed by atoms with Crippen LogP contribution in [0.1, 0.15) is 11.3 Å². The molecule has 8 heteroatoms. The molecule has 0 aliphatic rings. The van der Waals surface area contributed by atoms with Gasteiger partial charge in [-0.15, -0.1) is 5.10 Å². The van der Waals surface area contributed by atoms with Crippen LogP contribution in [0.15, 0.2) is 28.9 Å². The normalized spacial score (nSPS) is 11.8. The minimum Gasteiger partial charge on any atom is -0.390 e. The zero-order valence-electron chi connectivity index (χ0n) is 8.82. The number of alkyl halides is 3. The van der Waals surface area contributed by atoms with Crippen molar-refractivity contribution in [3.05, 3.63) is 40.1 Å². The Morgan fingerprint density at radius 3 is 2.61 bits per heavy atom. The summed E-state index contributed by atoms with van der Waals surface area (Å²) in [6, 6.07) is 3.73. The molecule has 1 aromatic heterocycles. The van der Waals surface area contributed by atoms with E-state index >= 15 is 0 Å². The van der Waals surface area contributed by atoms with Crippen molar-refractivity contribution in [2.24, 2.45) is 0 Å². The molecule has 0 saturated carbocycles. The van der Waals surface area contributed by atoms with Crippen molar-refractivity contribution in [3.63, 3.8) is 0 Å². The monoisotopic (exact) mass is 321 g/mol. The Morgan fingerprint density at radius 1 is 1.33 bits per heavy atom. The molecule has 0 bridgehead atoms. The highest BCUT2D eigenvalue weighted by atomic mass is 79.9. The second-order valence-electron chi connectivity index (χ2n) is 3.47. The molecule has 1 heterocycles. The Bertz CT molecular complexity index is 568. The average molecular weight is 322 g/mol. The summed E-state index contributed by atoms with van der Waals surface area (Å²) < 4.78 is 39.9. The van der Waals surface area contributed by atoms with Crippen LogP contribution in [-0.4, -0.2) is 20.1 Å². The summed E-state index contributed by atoms with van der Waals surface area (Å²) in [6.45, 7) is -0.377. The molecule has 0 amide bonds. The van der Waals surface area contributed by atoms with E-state index in [0.717, 1.165) is 10.7 Å². The molecule has 0 aliphatic carbocycles. The highest BCUT2D eigenvalue weighted by Gasteiger charge is 2.34. The van der Waals surface area contributed by atoms with Crippen molar-refractivity contribution in [3.8, 4) is 5.69 Å². The van der Waals surface area contributed by atoms with Gasteiger partial charge < -0.3 is 5.11 Å². The van der Waals surface area contributed by atoms with Crippen LogP contribution in [-0.2, 0) is 12.8 Å². The highest BCUT2D eigenvalue weighted by molar-refractivity contribution is 9.10. The lowest BCUT2D eigenvalue weighted by Gasteiger charge is -2.12. The molecular weight excluding hydrogens is 315 g/mol. The Kier molecular flexibility index (Phi) is 3.40. The van der Waals surface area contributed by atoms with Crippen LogP contribution in [0.2, 0.25) is 0 Å².